The van der Waals surface area contributed by atoms with Gasteiger partial charge in [0.1, 0.15) is 37.9 Å². The smallest absolute Gasteiger partial charge is 0.248 e. The molecule has 0 atom stereocenters. The van der Waals surface area contributed by atoms with E-state index in [9.17, 15) is 0 Å². The average Bonchev–Trinajstić information content (AvgIpc) is 3.18. The van der Waals surface area contributed by atoms with E-state index in [4.69, 9.17) is 0 Å². The lowest BCUT2D eigenvalue weighted by molar-refractivity contribution is -0.688. The van der Waals surface area contributed by atoms with E-state index in [-0.39, 0.29) is 14.9 Å². The molecule has 0 unspecified atom stereocenters. The summed E-state index contributed by atoms with van der Waals surface area (Å²) in [6, 6.07) is 8.72. The molecule has 126 valence electrons. The molecule has 0 radical (unpaired) electrons. The van der Waals surface area contributed by atoms with Crippen LogP contribution in [0.15, 0.2) is 74.9 Å². The van der Waals surface area contributed by atoms with Gasteiger partial charge in [0.15, 0.2) is 0 Å². The Kier molecular flexibility index (Phi) is 6.93. The molecule has 0 amide bonds. The third kappa shape index (κ3) is 4.56. The summed E-state index contributed by atoms with van der Waals surface area (Å²) < 4.78 is 8.15. The summed E-state index contributed by atoms with van der Waals surface area (Å²) in [6.07, 6.45) is 15.7. The summed E-state index contributed by atoms with van der Waals surface area (Å²) in [5, 5.41) is 0. The number of hydrogen-bond donors (Lipinski definition) is 0. The van der Waals surface area contributed by atoms with Gasteiger partial charge in [-0.2, -0.15) is 0 Å². The Labute approximate surface area is 145 Å². The van der Waals surface area contributed by atoms with E-state index in [1.165, 1.54) is 11.1 Å². The van der Waals surface area contributed by atoms with Crippen molar-refractivity contribution in [2.24, 2.45) is 0 Å². The van der Waals surface area contributed by atoms with Crippen LogP contribution in [0.25, 0.3) is 12.4 Å². The predicted molar refractivity (Wildman–Crippen MR) is 99.5 cm³/mol. The lowest BCUT2D eigenvalue weighted by atomic mass is 10.1. The standard InChI is InChI=1S/C18H20N4.2CH3/c1-3-19-9-11-21(15-19)13-17-5-7-18(8-6-17)14-22-12-10-20(4-2)16-22;;/h3-12,15-16H,1-2,13-14H2;2*1H3/q+2;2*-1. The molecule has 0 bridgehead atoms. The highest BCUT2D eigenvalue weighted by Crippen LogP contribution is 2.04. The van der Waals surface area contributed by atoms with Gasteiger partial charge in [0.25, 0.3) is 0 Å². The van der Waals surface area contributed by atoms with Gasteiger partial charge in [-0.1, -0.05) is 37.4 Å². The number of aromatic nitrogens is 4. The summed E-state index contributed by atoms with van der Waals surface area (Å²) in [5.41, 5.74) is 2.56. The lowest BCUT2D eigenvalue weighted by Crippen LogP contribution is -2.32. The third-order valence-electron chi connectivity index (χ3n) is 3.60. The zero-order valence-electron chi connectivity index (χ0n) is 14.5. The van der Waals surface area contributed by atoms with Crippen molar-refractivity contribution < 1.29 is 9.13 Å². The van der Waals surface area contributed by atoms with Crippen molar-refractivity contribution in [2.75, 3.05) is 0 Å². The summed E-state index contributed by atoms with van der Waals surface area (Å²) >= 11 is 0. The first-order valence-corrected chi connectivity index (χ1v) is 7.23. The van der Waals surface area contributed by atoms with Crippen LogP contribution in [0.4, 0.5) is 0 Å². The van der Waals surface area contributed by atoms with Gasteiger partial charge in [-0.25, -0.2) is 18.3 Å². The molecule has 4 nitrogen and oxygen atoms in total. The largest absolute Gasteiger partial charge is 0.358 e. The first kappa shape index (κ1) is 19.2. The molecule has 0 spiro atoms. The van der Waals surface area contributed by atoms with Crippen LogP contribution in [0, 0.1) is 14.9 Å². The van der Waals surface area contributed by atoms with Crippen LogP contribution < -0.4 is 9.13 Å². The van der Waals surface area contributed by atoms with Crippen molar-refractivity contribution in [1.29, 1.82) is 0 Å². The van der Waals surface area contributed by atoms with Crippen molar-refractivity contribution in [1.82, 2.24) is 9.13 Å². The molecule has 3 aromatic rings. The Morgan fingerprint density at radius 1 is 0.750 bits per heavy atom. The SMILES string of the molecule is C=Cn1cc[n+](Cc2ccc(C[n+]3ccn(C=C)c3)cc2)c1.[CH3-].[CH3-]. The van der Waals surface area contributed by atoms with Gasteiger partial charge in [0.2, 0.25) is 12.7 Å². The molecule has 0 aliphatic heterocycles. The first-order chi connectivity index (χ1) is 10.8. The summed E-state index contributed by atoms with van der Waals surface area (Å²) in [5.74, 6) is 0. The Hall–Kier alpha value is -2.88. The molecule has 1 aromatic carbocycles. The molecule has 0 aliphatic rings. The topological polar surface area (TPSA) is 17.6 Å². The van der Waals surface area contributed by atoms with Crippen molar-refractivity contribution in [3.05, 3.63) is 101 Å². The average molecular weight is 322 g/mol. The van der Waals surface area contributed by atoms with Crippen LogP contribution in [0.2, 0.25) is 0 Å². The molecule has 0 fully saturated rings. The van der Waals surface area contributed by atoms with E-state index >= 15 is 0 Å². The summed E-state index contributed by atoms with van der Waals surface area (Å²) in [6.45, 7) is 9.22. The number of imidazole rings is 2. The predicted octanol–water partition coefficient (Wildman–Crippen LogP) is 3.06. The number of benzene rings is 1. The van der Waals surface area contributed by atoms with Gasteiger partial charge in [-0.05, 0) is 11.1 Å². The molecule has 0 aliphatic carbocycles. The fourth-order valence-electron chi connectivity index (χ4n) is 2.40. The molecular weight excluding hydrogens is 296 g/mol. The maximum absolute atomic E-state index is 3.75. The highest BCUT2D eigenvalue weighted by Gasteiger charge is 2.05. The second kappa shape index (κ2) is 8.67. The van der Waals surface area contributed by atoms with E-state index in [1.54, 1.807) is 12.4 Å². The maximum Gasteiger partial charge on any atom is 0.248 e. The Balaban J connectivity index is 0.00000144. The second-order valence-electron chi connectivity index (χ2n) is 5.25. The van der Waals surface area contributed by atoms with Crippen LogP contribution in [0.5, 0.6) is 0 Å². The lowest BCUT2D eigenvalue weighted by Gasteiger charge is -2.01. The Bertz CT molecular complexity index is 711. The quantitative estimate of drug-likeness (QED) is 0.490. The second-order valence-corrected chi connectivity index (χ2v) is 5.25. The van der Waals surface area contributed by atoms with Crippen LogP contribution in [-0.2, 0) is 13.1 Å². The fraction of sp³-hybridized carbons (Fsp3) is 0.100. The number of nitrogens with zero attached hydrogens (tertiary/aromatic N) is 4. The minimum absolute atomic E-state index is 0. The van der Waals surface area contributed by atoms with Gasteiger partial charge in [0, 0.05) is 0 Å². The molecule has 0 N–H and O–H groups in total. The molecule has 3 rings (SSSR count). The van der Waals surface area contributed by atoms with Crippen molar-refractivity contribution in [3.8, 4) is 0 Å². The van der Waals surface area contributed by atoms with E-state index in [1.807, 2.05) is 46.6 Å². The molecule has 0 saturated heterocycles. The highest BCUT2D eigenvalue weighted by molar-refractivity contribution is 5.21. The first-order valence-electron chi connectivity index (χ1n) is 7.23. The normalized spacial score (nSPS) is 9.67. The van der Waals surface area contributed by atoms with Crippen molar-refractivity contribution >= 4 is 12.4 Å². The third-order valence-corrected chi connectivity index (χ3v) is 3.60. The van der Waals surface area contributed by atoms with Crippen LogP contribution in [-0.4, -0.2) is 9.13 Å². The molecule has 2 aromatic heterocycles. The van der Waals surface area contributed by atoms with E-state index in [2.05, 4.69) is 46.6 Å². The molecular formula is C20H26N4. The summed E-state index contributed by atoms with van der Waals surface area (Å²) in [4.78, 5) is 0. The monoisotopic (exact) mass is 322 g/mol. The number of rotatable bonds is 6. The molecule has 4 heteroatoms. The minimum atomic E-state index is 0. The van der Waals surface area contributed by atoms with Gasteiger partial charge in [0.05, 0.1) is 12.4 Å². The van der Waals surface area contributed by atoms with Gasteiger partial charge >= 0.3 is 0 Å². The van der Waals surface area contributed by atoms with Gasteiger partial charge in [-0.15, -0.1) is 0 Å². The van der Waals surface area contributed by atoms with Gasteiger partial charge in [-0.3, -0.25) is 0 Å². The zero-order valence-corrected chi connectivity index (χ0v) is 14.5. The molecule has 2 heterocycles. The maximum atomic E-state index is 3.75. The van der Waals surface area contributed by atoms with Gasteiger partial charge < -0.3 is 14.9 Å². The molecule has 0 saturated carbocycles. The van der Waals surface area contributed by atoms with Crippen molar-refractivity contribution in [2.45, 2.75) is 13.1 Å². The van der Waals surface area contributed by atoms with Crippen LogP contribution in [0.1, 0.15) is 11.1 Å². The highest BCUT2D eigenvalue weighted by atomic mass is 15.1. The Morgan fingerprint density at radius 2 is 1.12 bits per heavy atom. The van der Waals surface area contributed by atoms with Crippen LogP contribution >= 0.6 is 0 Å². The van der Waals surface area contributed by atoms with E-state index < -0.39 is 0 Å². The fourth-order valence-corrected chi connectivity index (χ4v) is 2.40. The van der Waals surface area contributed by atoms with Crippen molar-refractivity contribution in [3.63, 3.8) is 0 Å². The number of hydrogen-bond acceptors (Lipinski definition) is 0. The molecule has 24 heavy (non-hydrogen) atoms. The Morgan fingerprint density at radius 3 is 1.42 bits per heavy atom. The summed E-state index contributed by atoms with van der Waals surface area (Å²) in [7, 11) is 0. The van der Waals surface area contributed by atoms with Crippen LogP contribution in [0.3, 0.4) is 0 Å². The van der Waals surface area contributed by atoms with E-state index in [0.29, 0.717) is 0 Å². The zero-order chi connectivity index (χ0) is 15.4. The van der Waals surface area contributed by atoms with E-state index in [0.717, 1.165) is 13.1 Å². The minimum Gasteiger partial charge on any atom is -0.358 e.